The smallest absolute Gasteiger partial charge is 0.313 e. The van der Waals surface area contributed by atoms with Crippen molar-refractivity contribution in [2.75, 3.05) is 0 Å². The number of carbonyl (C=O) groups excluding carboxylic acids is 2. The number of rotatable bonds is 2. The van der Waals surface area contributed by atoms with Gasteiger partial charge in [-0.1, -0.05) is 46.1 Å². The monoisotopic (exact) mass is 438 g/mol. The van der Waals surface area contributed by atoms with Crippen LogP contribution in [-0.4, -0.2) is 17.4 Å². The fourth-order valence-corrected chi connectivity index (χ4v) is 7.58. The van der Waals surface area contributed by atoms with E-state index < -0.39 is 11.0 Å². The zero-order chi connectivity index (χ0) is 23.7. The molecule has 0 aromatic carbocycles. The van der Waals surface area contributed by atoms with Crippen molar-refractivity contribution >= 4 is 11.8 Å². The second kappa shape index (κ2) is 7.22. The van der Waals surface area contributed by atoms with Crippen molar-refractivity contribution in [3.63, 3.8) is 0 Å². The third kappa shape index (κ3) is 3.08. The van der Waals surface area contributed by atoms with Crippen molar-refractivity contribution in [2.45, 2.75) is 105 Å². The van der Waals surface area contributed by atoms with Gasteiger partial charge in [-0.2, -0.15) is 0 Å². The first kappa shape index (κ1) is 23.6. The van der Waals surface area contributed by atoms with Gasteiger partial charge in [-0.25, -0.2) is 0 Å². The number of allylic oxidation sites excluding steroid dienone is 1. The predicted octanol–water partition coefficient (Wildman–Crippen LogP) is 6.51. The van der Waals surface area contributed by atoms with E-state index in [1.165, 1.54) is 5.57 Å². The Labute approximate surface area is 195 Å². The molecule has 0 radical (unpaired) electrons. The molecule has 3 nitrogen and oxygen atoms in total. The minimum atomic E-state index is -0.818. The largest absolute Gasteiger partial charge is 0.445 e. The number of carbonyl (C=O) groups is 2. The summed E-state index contributed by atoms with van der Waals surface area (Å²) in [4.78, 5) is 25.5. The van der Waals surface area contributed by atoms with E-state index in [1.807, 2.05) is 19.9 Å². The van der Waals surface area contributed by atoms with Gasteiger partial charge in [-0.3, -0.25) is 9.59 Å². The molecular formula is C29H42O3. The Morgan fingerprint density at radius 2 is 1.69 bits per heavy atom. The van der Waals surface area contributed by atoms with Gasteiger partial charge in [-0.15, -0.1) is 6.42 Å². The van der Waals surface area contributed by atoms with Crippen LogP contribution >= 0.6 is 0 Å². The Morgan fingerprint density at radius 3 is 2.31 bits per heavy atom. The van der Waals surface area contributed by atoms with Crippen molar-refractivity contribution in [1.29, 1.82) is 0 Å². The predicted molar refractivity (Wildman–Crippen MR) is 128 cm³/mol. The maximum absolute atomic E-state index is 13.4. The molecule has 4 aliphatic carbocycles. The summed E-state index contributed by atoms with van der Waals surface area (Å²) in [5.41, 5.74) is -0.302. The van der Waals surface area contributed by atoms with E-state index in [9.17, 15) is 9.59 Å². The van der Waals surface area contributed by atoms with Crippen LogP contribution in [0.25, 0.3) is 0 Å². The molecule has 0 aromatic heterocycles. The molecule has 3 fully saturated rings. The van der Waals surface area contributed by atoms with Gasteiger partial charge in [0.2, 0.25) is 0 Å². The second-order valence-corrected chi connectivity index (χ2v) is 13.2. The van der Waals surface area contributed by atoms with Crippen LogP contribution in [0.3, 0.4) is 0 Å². The van der Waals surface area contributed by atoms with E-state index in [-0.39, 0.29) is 22.2 Å². The highest BCUT2D eigenvalue weighted by Crippen LogP contribution is 2.68. The summed E-state index contributed by atoms with van der Waals surface area (Å²) < 4.78 is 6.41. The van der Waals surface area contributed by atoms with Crippen LogP contribution in [0.15, 0.2) is 11.6 Å². The minimum Gasteiger partial charge on any atom is -0.445 e. The molecule has 0 spiro atoms. The number of ketones is 1. The highest BCUT2D eigenvalue weighted by Gasteiger charge is 2.66. The summed E-state index contributed by atoms with van der Waals surface area (Å²) in [7, 11) is 0. The van der Waals surface area contributed by atoms with Gasteiger partial charge in [0, 0.05) is 11.8 Å². The van der Waals surface area contributed by atoms with Crippen molar-refractivity contribution in [1.82, 2.24) is 0 Å². The van der Waals surface area contributed by atoms with Crippen molar-refractivity contribution in [2.24, 2.45) is 39.4 Å². The van der Waals surface area contributed by atoms with Crippen molar-refractivity contribution in [3.05, 3.63) is 11.6 Å². The van der Waals surface area contributed by atoms with Gasteiger partial charge in [0.15, 0.2) is 11.4 Å². The zero-order valence-corrected chi connectivity index (χ0v) is 21.3. The summed E-state index contributed by atoms with van der Waals surface area (Å²) in [6.07, 6.45) is 15.9. The molecule has 0 N–H and O–H groups in total. The molecule has 3 saturated carbocycles. The van der Waals surface area contributed by atoms with E-state index in [2.05, 4.69) is 40.5 Å². The molecule has 0 aliphatic heterocycles. The molecule has 0 heterocycles. The summed E-state index contributed by atoms with van der Waals surface area (Å²) in [6, 6.07) is 0. The summed E-state index contributed by atoms with van der Waals surface area (Å²) in [5.74, 6) is 4.84. The molecule has 3 heteroatoms. The summed E-state index contributed by atoms with van der Waals surface area (Å²) in [5, 5.41) is 0. The lowest BCUT2D eigenvalue weighted by Gasteiger charge is -2.59. The molecule has 0 saturated heterocycles. The first-order chi connectivity index (χ1) is 14.7. The van der Waals surface area contributed by atoms with Crippen molar-refractivity contribution in [3.8, 4) is 12.3 Å². The van der Waals surface area contributed by atoms with Crippen molar-refractivity contribution < 1.29 is 14.3 Å². The summed E-state index contributed by atoms with van der Waals surface area (Å²) in [6.45, 7) is 14.9. The maximum atomic E-state index is 13.4. The first-order valence-corrected chi connectivity index (χ1v) is 12.7. The van der Waals surface area contributed by atoms with Crippen LogP contribution in [0.4, 0.5) is 0 Å². The fraction of sp³-hybridized carbons (Fsp3) is 0.793. The number of hydrogen-bond donors (Lipinski definition) is 0. The maximum Gasteiger partial charge on any atom is 0.313 e. The molecule has 32 heavy (non-hydrogen) atoms. The molecule has 6 atom stereocenters. The summed E-state index contributed by atoms with van der Waals surface area (Å²) >= 11 is 0. The van der Waals surface area contributed by atoms with Gasteiger partial charge < -0.3 is 4.74 Å². The van der Waals surface area contributed by atoms with Crippen LogP contribution in [0.2, 0.25) is 0 Å². The second-order valence-electron chi connectivity index (χ2n) is 13.2. The molecule has 4 aliphatic rings. The highest BCUT2D eigenvalue weighted by atomic mass is 16.6. The third-order valence-corrected chi connectivity index (χ3v) is 11.0. The van der Waals surface area contributed by atoms with E-state index in [0.29, 0.717) is 30.0 Å². The van der Waals surface area contributed by atoms with E-state index in [1.54, 1.807) is 0 Å². The molecule has 4 rings (SSSR count). The van der Waals surface area contributed by atoms with Crippen LogP contribution in [-0.2, 0) is 14.3 Å². The molecule has 176 valence electrons. The Balaban J connectivity index is 1.64. The SMILES string of the molecule is C#CC1(OC(=O)C(C)(C)C(C)(C)C)CCC2C3CCC4=CC(=O)CCC4(C)C3CCC21C. The normalized spacial score (nSPS) is 41.6. The molecule has 0 amide bonds. The number of ether oxygens (including phenoxy) is 1. The highest BCUT2D eigenvalue weighted by molar-refractivity contribution is 5.91. The minimum absolute atomic E-state index is 0.143. The van der Waals surface area contributed by atoms with Gasteiger partial charge in [-0.05, 0) is 93.5 Å². The number of esters is 1. The number of terminal acetylenes is 1. The van der Waals surface area contributed by atoms with E-state index in [0.717, 1.165) is 44.9 Å². The molecule has 0 aromatic rings. The Bertz CT molecular complexity index is 896. The lowest BCUT2D eigenvalue weighted by atomic mass is 9.46. The third-order valence-electron chi connectivity index (χ3n) is 11.0. The lowest BCUT2D eigenvalue weighted by Crippen LogP contribution is -2.56. The Kier molecular flexibility index (Phi) is 5.32. The van der Waals surface area contributed by atoms with Gasteiger partial charge in [0.1, 0.15) is 0 Å². The number of hydrogen-bond acceptors (Lipinski definition) is 3. The Morgan fingerprint density at radius 1 is 1.03 bits per heavy atom. The van der Waals surface area contributed by atoms with Crippen LogP contribution in [0.5, 0.6) is 0 Å². The van der Waals surface area contributed by atoms with Gasteiger partial charge in [0.05, 0.1) is 5.41 Å². The number of fused-ring (bicyclic) bond motifs is 5. The van der Waals surface area contributed by atoms with Gasteiger partial charge >= 0.3 is 5.97 Å². The average molecular weight is 439 g/mol. The lowest BCUT2D eigenvalue weighted by molar-refractivity contribution is -0.187. The van der Waals surface area contributed by atoms with E-state index in [4.69, 9.17) is 11.2 Å². The first-order valence-electron chi connectivity index (χ1n) is 12.7. The fourth-order valence-electron chi connectivity index (χ4n) is 7.58. The standard InChI is InChI=1S/C29H42O3/c1-9-29(32-24(31)26(5,6)25(2,3)4)17-14-23-21-11-10-19-18-20(30)12-15-27(19,7)22(21)13-16-28(23,29)8/h1,18,21-23H,10-17H2,2-8H3. The molecule has 6 unspecified atom stereocenters. The van der Waals surface area contributed by atoms with Crippen LogP contribution in [0, 0.1) is 51.8 Å². The average Bonchev–Trinajstić information content (AvgIpc) is 3.00. The zero-order valence-electron chi connectivity index (χ0n) is 21.3. The topological polar surface area (TPSA) is 43.4 Å². The molecular weight excluding hydrogens is 396 g/mol. The van der Waals surface area contributed by atoms with Gasteiger partial charge in [0.25, 0.3) is 0 Å². The quantitative estimate of drug-likeness (QED) is 0.365. The van der Waals surface area contributed by atoms with Crippen LogP contribution in [0.1, 0.15) is 99.8 Å². The Hall–Kier alpha value is -1.56. The van der Waals surface area contributed by atoms with E-state index >= 15 is 0 Å². The molecule has 0 bridgehead atoms. The van der Waals surface area contributed by atoms with Crippen LogP contribution < -0.4 is 0 Å².